The quantitative estimate of drug-likeness (QED) is 0.575. The van der Waals surface area contributed by atoms with Crippen molar-refractivity contribution in [1.82, 2.24) is 0 Å². The van der Waals surface area contributed by atoms with Gasteiger partial charge in [-0.1, -0.05) is 30.3 Å². The van der Waals surface area contributed by atoms with E-state index in [9.17, 15) is 32.3 Å². The summed E-state index contributed by atoms with van der Waals surface area (Å²) in [5.74, 6) is -4.68. The topological polar surface area (TPSA) is 98.8 Å². The Hall–Kier alpha value is -2.98. The van der Waals surface area contributed by atoms with Crippen molar-refractivity contribution in [1.29, 1.82) is 0 Å². The van der Waals surface area contributed by atoms with Crippen LogP contribution in [-0.4, -0.2) is 35.4 Å². The molecule has 2 aromatic carbocycles. The fourth-order valence-electron chi connectivity index (χ4n) is 3.37. The van der Waals surface area contributed by atoms with E-state index < -0.39 is 53.0 Å². The predicted molar refractivity (Wildman–Crippen MR) is 94.8 cm³/mol. The van der Waals surface area contributed by atoms with Gasteiger partial charge in [0.1, 0.15) is 17.7 Å². The van der Waals surface area contributed by atoms with Crippen molar-refractivity contribution in [2.24, 2.45) is 5.73 Å². The molecule has 6 nitrogen and oxygen atoms in total. The van der Waals surface area contributed by atoms with E-state index in [1.165, 1.54) is 12.1 Å². The number of carbonyl (C=O) groups is 2. The molecule has 3 unspecified atom stereocenters. The summed E-state index contributed by atoms with van der Waals surface area (Å²) in [5, 5.41) is 9.99. The molecular formula is C20H17F4NO5. The molecule has 3 N–H and O–H groups in total. The number of aliphatic hydroxyl groups is 1. The normalized spacial score (nSPS) is 24.4. The van der Waals surface area contributed by atoms with Gasteiger partial charge in [-0.05, 0) is 31.0 Å². The summed E-state index contributed by atoms with van der Waals surface area (Å²) in [6.45, 7) is 0. The number of esters is 1. The molecular weight excluding hydrogens is 410 g/mol. The SMILES string of the molecule is NC1(c2cccc(OC(F)(F)F)c2F)C(=O)C(O)CCC1OC(=O)c1ccccc1. The van der Waals surface area contributed by atoms with Crippen LogP contribution >= 0.6 is 0 Å². The zero-order valence-corrected chi connectivity index (χ0v) is 15.4. The van der Waals surface area contributed by atoms with E-state index in [0.29, 0.717) is 6.07 Å². The summed E-state index contributed by atoms with van der Waals surface area (Å²) in [6, 6.07) is 10.4. The van der Waals surface area contributed by atoms with Gasteiger partial charge in [0, 0.05) is 5.56 Å². The summed E-state index contributed by atoms with van der Waals surface area (Å²) in [4.78, 5) is 25.2. The van der Waals surface area contributed by atoms with Crippen LogP contribution in [0.3, 0.4) is 0 Å². The van der Waals surface area contributed by atoms with Gasteiger partial charge < -0.3 is 20.3 Å². The molecule has 1 saturated carbocycles. The highest BCUT2D eigenvalue weighted by atomic mass is 19.4. The number of hydrogen-bond donors (Lipinski definition) is 2. The summed E-state index contributed by atoms with van der Waals surface area (Å²) < 4.78 is 61.6. The second-order valence-electron chi connectivity index (χ2n) is 6.75. The summed E-state index contributed by atoms with van der Waals surface area (Å²) in [6.07, 6.45) is -8.46. The van der Waals surface area contributed by atoms with Gasteiger partial charge >= 0.3 is 12.3 Å². The van der Waals surface area contributed by atoms with Crippen LogP contribution in [0.4, 0.5) is 17.6 Å². The lowest BCUT2D eigenvalue weighted by molar-refractivity contribution is -0.275. The molecule has 0 spiro atoms. The number of carbonyl (C=O) groups excluding carboxylic acids is 2. The third kappa shape index (κ3) is 4.14. The maximum Gasteiger partial charge on any atom is 0.573 e. The highest BCUT2D eigenvalue weighted by molar-refractivity contribution is 5.96. The molecule has 0 aromatic heterocycles. The van der Waals surface area contributed by atoms with Crippen LogP contribution in [0.5, 0.6) is 5.75 Å². The first-order valence-corrected chi connectivity index (χ1v) is 8.86. The van der Waals surface area contributed by atoms with Crippen LogP contribution in [0, 0.1) is 5.82 Å². The van der Waals surface area contributed by atoms with E-state index >= 15 is 0 Å². The van der Waals surface area contributed by atoms with Crippen molar-refractivity contribution in [3.8, 4) is 5.75 Å². The van der Waals surface area contributed by atoms with Crippen molar-refractivity contribution < 1.29 is 41.7 Å². The number of alkyl halides is 3. The van der Waals surface area contributed by atoms with Crippen molar-refractivity contribution in [2.45, 2.75) is 37.0 Å². The summed E-state index contributed by atoms with van der Waals surface area (Å²) in [7, 11) is 0. The van der Waals surface area contributed by atoms with Crippen LogP contribution in [0.15, 0.2) is 48.5 Å². The molecule has 160 valence electrons. The number of aliphatic hydroxyl groups excluding tert-OH is 1. The molecule has 30 heavy (non-hydrogen) atoms. The van der Waals surface area contributed by atoms with Gasteiger partial charge in [-0.25, -0.2) is 9.18 Å². The van der Waals surface area contributed by atoms with Gasteiger partial charge in [0.15, 0.2) is 17.3 Å². The van der Waals surface area contributed by atoms with Gasteiger partial charge in [-0.3, -0.25) is 4.79 Å². The zero-order valence-electron chi connectivity index (χ0n) is 15.4. The Bertz CT molecular complexity index is 950. The number of ether oxygens (including phenoxy) is 2. The minimum absolute atomic E-state index is 0.119. The minimum atomic E-state index is -5.18. The number of ketones is 1. The summed E-state index contributed by atoms with van der Waals surface area (Å²) >= 11 is 0. The Morgan fingerprint density at radius 1 is 1.10 bits per heavy atom. The minimum Gasteiger partial charge on any atom is -0.456 e. The summed E-state index contributed by atoms with van der Waals surface area (Å²) in [5.41, 5.74) is 3.19. The highest BCUT2D eigenvalue weighted by Gasteiger charge is 2.53. The molecule has 0 heterocycles. The van der Waals surface area contributed by atoms with E-state index in [1.54, 1.807) is 18.2 Å². The molecule has 2 aromatic rings. The van der Waals surface area contributed by atoms with Crippen LogP contribution in [0.25, 0.3) is 0 Å². The number of benzene rings is 2. The standard InChI is InChI=1S/C20H17F4NO5/c21-16-12(7-4-8-14(16)30-20(22,23)24)19(25)15(10-9-13(26)17(19)27)29-18(28)11-5-2-1-3-6-11/h1-8,13,15,26H,9-10,25H2. The van der Waals surface area contributed by atoms with Crippen LogP contribution < -0.4 is 10.5 Å². The smallest absolute Gasteiger partial charge is 0.456 e. The van der Waals surface area contributed by atoms with Crippen molar-refractivity contribution in [3.63, 3.8) is 0 Å². The lowest BCUT2D eigenvalue weighted by Crippen LogP contribution is -2.62. The largest absolute Gasteiger partial charge is 0.573 e. The van der Waals surface area contributed by atoms with Crippen molar-refractivity contribution in [3.05, 3.63) is 65.5 Å². The first-order valence-electron chi connectivity index (χ1n) is 8.86. The lowest BCUT2D eigenvalue weighted by atomic mass is 9.72. The Kier molecular flexibility index (Phi) is 5.82. The van der Waals surface area contributed by atoms with E-state index in [4.69, 9.17) is 10.5 Å². The van der Waals surface area contributed by atoms with E-state index in [1.807, 2.05) is 0 Å². The predicted octanol–water partition coefficient (Wildman–Crippen LogP) is 2.83. The Morgan fingerprint density at radius 2 is 1.77 bits per heavy atom. The van der Waals surface area contributed by atoms with E-state index in [-0.39, 0.29) is 18.4 Å². The highest BCUT2D eigenvalue weighted by Crippen LogP contribution is 2.39. The zero-order chi connectivity index (χ0) is 22.1. The van der Waals surface area contributed by atoms with Gasteiger partial charge in [-0.2, -0.15) is 0 Å². The van der Waals surface area contributed by atoms with Gasteiger partial charge in [-0.15, -0.1) is 13.2 Å². The molecule has 1 fully saturated rings. The Labute approximate surface area is 168 Å². The first-order chi connectivity index (χ1) is 14.0. The second-order valence-corrected chi connectivity index (χ2v) is 6.75. The third-order valence-corrected chi connectivity index (χ3v) is 4.81. The van der Waals surface area contributed by atoms with Gasteiger partial charge in [0.05, 0.1) is 5.56 Å². The van der Waals surface area contributed by atoms with Gasteiger partial charge in [0.2, 0.25) is 0 Å². The maximum atomic E-state index is 14.9. The number of rotatable bonds is 4. The number of hydrogen-bond acceptors (Lipinski definition) is 6. The third-order valence-electron chi connectivity index (χ3n) is 4.81. The monoisotopic (exact) mass is 427 g/mol. The Morgan fingerprint density at radius 3 is 2.40 bits per heavy atom. The van der Waals surface area contributed by atoms with E-state index in [2.05, 4.69) is 4.74 Å². The second kappa shape index (κ2) is 8.04. The number of nitrogens with two attached hydrogens (primary N) is 1. The number of halogens is 4. The first kappa shape index (κ1) is 21.7. The maximum absolute atomic E-state index is 14.9. The van der Waals surface area contributed by atoms with Crippen molar-refractivity contribution in [2.75, 3.05) is 0 Å². The molecule has 0 bridgehead atoms. The van der Waals surface area contributed by atoms with Crippen LogP contribution in [-0.2, 0) is 15.1 Å². The lowest BCUT2D eigenvalue weighted by Gasteiger charge is -2.41. The van der Waals surface area contributed by atoms with Crippen LogP contribution in [0.2, 0.25) is 0 Å². The fraction of sp³-hybridized carbons (Fsp3) is 0.300. The van der Waals surface area contributed by atoms with Crippen molar-refractivity contribution >= 4 is 11.8 Å². The average molecular weight is 427 g/mol. The van der Waals surface area contributed by atoms with Gasteiger partial charge in [0.25, 0.3) is 0 Å². The molecule has 3 atom stereocenters. The molecule has 0 saturated heterocycles. The molecule has 3 rings (SSSR count). The van der Waals surface area contributed by atoms with E-state index in [0.717, 1.165) is 12.1 Å². The molecule has 0 amide bonds. The Balaban J connectivity index is 2.02. The molecule has 0 aliphatic heterocycles. The molecule has 1 aliphatic carbocycles. The average Bonchev–Trinajstić information content (AvgIpc) is 2.69. The molecule has 0 radical (unpaired) electrons. The number of Topliss-reactive ketones (excluding diaryl/α,β-unsaturated/α-hetero) is 1. The fourth-order valence-corrected chi connectivity index (χ4v) is 3.37. The molecule has 10 heteroatoms. The molecule has 1 aliphatic rings. The van der Waals surface area contributed by atoms with Crippen LogP contribution in [0.1, 0.15) is 28.8 Å².